The van der Waals surface area contributed by atoms with E-state index >= 15 is 0 Å². The third-order valence-electron chi connectivity index (χ3n) is 6.92. The zero-order chi connectivity index (χ0) is 20.9. The van der Waals surface area contributed by atoms with Crippen molar-refractivity contribution in [3.63, 3.8) is 0 Å². The highest BCUT2D eigenvalue weighted by molar-refractivity contribution is 5.75. The van der Waals surface area contributed by atoms with Gasteiger partial charge in [0.15, 0.2) is 0 Å². The Morgan fingerprint density at radius 1 is 0.867 bits per heavy atom. The van der Waals surface area contributed by atoms with Gasteiger partial charge in [-0.3, -0.25) is 4.79 Å². The number of halogens is 1. The summed E-state index contributed by atoms with van der Waals surface area (Å²) >= 11 is 0. The first-order chi connectivity index (χ1) is 14.6. The molecule has 30 heavy (non-hydrogen) atoms. The van der Waals surface area contributed by atoms with Crippen LogP contribution >= 0.6 is 0 Å². The molecule has 2 fully saturated rings. The lowest BCUT2D eigenvalue weighted by Crippen LogP contribution is -2.29. The minimum atomic E-state index is -0.533. The number of esters is 1. The lowest BCUT2D eigenvalue weighted by atomic mass is 9.71. The number of rotatable bonds is 4. The molecule has 4 rings (SSSR count). The van der Waals surface area contributed by atoms with E-state index in [0.717, 1.165) is 43.1 Å². The standard InChI is InChI=1S/C26H28FNO2/c27-25-16-22(10-11-23(25)17-28)20-12-14-24(15-13-20)30-26(29)21-8-6-19(7-9-21)18-4-2-1-3-5-18/h10-16,18-19,21H,1-9H2. The number of carbonyl (C=O) groups is 1. The highest BCUT2D eigenvalue weighted by Gasteiger charge is 2.32. The molecule has 2 aromatic rings. The third kappa shape index (κ3) is 4.73. The van der Waals surface area contributed by atoms with Crippen LogP contribution in [0.4, 0.5) is 4.39 Å². The van der Waals surface area contributed by atoms with Crippen LogP contribution in [0, 0.1) is 34.9 Å². The third-order valence-corrected chi connectivity index (χ3v) is 6.92. The lowest BCUT2D eigenvalue weighted by Gasteiger charge is -2.35. The largest absolute Gasteiger partial charge is 0.426 e. The highest BCUT2D eigenvalue weighted by Crippen LogP contribution is 2.40. The van der Waals surface area contributed by atoms with Crippen molar-refractivity contribution < 1.29 is 13.9 Å². The molecule has 0 heterocycles. The quantitative estimate of drug-likeness (QED) is 0.422. The first-order valence-corrected chi connectivity index (χ1v) is 11.2. The maximum absolute atomic E-state index is 13.8. The average molecular weight is 406 g/mol. The summed E-state index contributed by atoms with van der Waals surface area (Å²) in [7, 11) is 0. The Hall–Kier alpha value is -2.67. The average Bonchev–Trinajstić information content (AvgIpc) is 2.80. The van der Waals surface area contributed by atoms with Crippen molar-refractivity contribution in [3.8, 4) is 22.9 Å². The molecule has 156 valence electrons. The highest BCUT2D eigenvalue weighted by atomic mass is 19.1. The summed E-state index contributed by atoms with van der Waals surface area (Å²) in [6, 6.07) is 13.5. The molecular formula is C26H28FNO2. The minimum absolute atomic E-state index is 0.00265. The van der Waals surface area contributed by atoms with Crippen molar-refractivity contribution in [1.82, 2.24) is 0 Å². The summed E-state index contributed by atoms with van der Waals surface area (Å²) < 4.78 is 19.5. The van der Waals surface area contributed by atoms with Gasteiger partial charge in [-0.25, -0.2) is 4.39 Å². The van der Waals surface area contributed by atoms with Gasteiger partial charge < -0.3 is 4.74 Å². The summed E-state index contributed by atoms with van der Waals surface area (Å²) in [6.07, 6.45) is 11.0. The second-order valence-electron chi connectivity index (χ2n) is 8.76. The van der Waals surface area contributed by atoms with Crippen LogP contribution in [0.3, 0.4) is 0 Å². The second-order valence-corrected chi connectivity index (χ2v) is 8.76. The van der Waals surface area contributed by atoms with Crippen LogP contribution in [-0.2, 0) is 4.79 Å². The van der Waals surface area contributed by atoms with E-state index in [0.29, 0.717) is 11.3 Å². The molecule has 0 spiro atoms. The fourth-order valence-corrected chi connectivity index (χ4v) is 5.13. The van der Waals surface area contributed by atoms with E-state index in [1.165, 1.54) is 44.2 Å². The smallest absolute Gasteiger partial charge is 0.314 e. The monoisotopic (exact) mass is 405 g/mol. The summed E-state index contributed by atoms with van der Waals surface area (Å²) in [5.41, 5.74) is 1.53. The van der Waals surface area contributed by atoms with E-state index in [4.69, 9.17) is 10.00 Å². The van der Waals surface area contributed by atoms with E-state index < -0.39 is 5.82 Å². The van der Waals surface area contributed by atoms with Gasteiger partial charge in [-0.1, -0.05) is 50.3 Å². The molecule has 0 unspecified atom stereocenters. The van der Waals surface area contributed by atoms with Gasteiger partial charge in [0.05, 0.1) is 11.5 Å². The molecule has 4 heteroatoms. The van der Waals surface area contributed by atoms with Gasteiger partial charge in [-0.2, -0.15) is 5.26 Å². The maximum atomic E-state index is 13.8. The van der Waals surface area contributed by atoms with Crippen molar-refractivity contribution in [2.75, 3.05) is 0 Å². The van der Waals surface area contributed by atoms with Crippen molar-refractivity contribution >= 4 is 5.97 Å². The first kappa shape index (κ1) is 20.6. The maximum Gasteiger partial charge on any atom is 0.314 e. The Kier molecular flexibility index (Phi) is 6.47. The molecule has 2 aliphatic carbocycles. The number of carbonyl (C=O) groups excluding carboxylic acids is 1. The molecule has 0 aliphatic heterocycles. The SMILES string of the molecule is N#Cc1ccc(-c2ccc(OC(=O)C3CCC(C4CCCCC4)CC3)cc2)cc1F. The van der Waals surface area contributed by atoms with Gasteiger partial charge in [0.25, 0.3) is 0 Å². The van der Waals surface area contributed by atoms with E-state index in [-0.39, 0.29) is 17.5 Å². The van der Waals surface area contributed by atoms with Crippen molar-refractivity contribution in [1.29, 1.82) is 5.26 Å². The van der Waals surface area contributed by atoms with E-state index in [2.05, 4.69) is 0 Å². The number of hydrogen-bond donors (Lipinski definition) is 0. The molecule has 0 radical (unpaired) electrons. The second kappa shape index (κ2) is 9.43. The topological polar surface area (TPSA) is 50.1 Å². The molecule has 0 atom stereocenters. The van der Waals surface area contributed by atoms with Gasteiger partial charge >= 0.3 is 5.97 Å². The summed E-state index contributed by atoms with van der Waals surface area (Å²) in [5.74, 6) is 1.52. The van der Waals surface area contributed by atoms with E-state index in [9.17, 15) is 9.18 Å². The molecular weight excluding hydrogens is 377 g/mol. The number of nitrogens with zero attached hydrogens (tertiary/aromatic N) is 1. The minimum Gasteiger partial charge on any atom is -0.426 e. The Morgan fingerprint density at radius 2 is 1.50 bits per heavy atom. The van der Waals surface area contributed by atoms with Crippen LogP contribution in [0.15, 0.2) is 42.5 Å². The molecule has 2 saturated carbocycles. The lowest BCUT2D eigenvalue weighted by molar-refractivity contribution is -0.140. The van der Waals surface area contributed by atoms with Gasteiger partial charge in [-0.15, -0.1) is 0 Å². The number of benzene rings is 2. The van der Waals surface area contributed by atoms with Crippen LogP contribution < -0.4 is 4.74 Å². The fourth-order valence-electron chi connectivity index (χ4n) is 5.13. The molecule has 2 aromatic carbocycles. The van der Waals surface area contributed by atoms with E-state index in [1.807, 2.05) is 18.2 Å². The Morgan fingerprint density at radius 3 is 2.13 bits per heavy atom. The van der Waals surface area contributed by atoms with E-state index in [1.54, 1.807) is 18.2 Å². The Labute approximate surface area is 177 Å². The summed E-state index contributed by atoms with van der Waals surface area (Å²) in [5, 5.41) is 8.85. The number of hydrogen-bond acceptors (Lipinski definition) is 3. The van der Waals surface area contributed by atoms with Crippen LogP contribution in [0.5, 0.6) is 5.75 Å². The first-order valence-electron chi connectivity index (χ1n) is 11.2. The molecule has 3 nitrogen and oxygen atoms in total. The summed E-state index contributed by atoms with van der Waals surface area (Å²) in [6.45, 7) is 0. The van der Waals surface area contributed by atoms with Gasteiger partial charge in [0, 0.05) is 0 Å². The molecule has 2 aliphatic rings. The van der Waals surface area contributed by atoms with Crippen molar-refractivity contribution in [2.24, 2.45) is 17.8 Å². The number of ether oxygens (including phenoxy) is 1. The normalized spacial score (nSPS) is 22.3. The van der Waals surface area contributed by atoms with Crippen molar-refractivity contribution in [2.45, 2.75) is 57.8 Å². The molecule has 0 N–H and O–H groups in total. The molecule has 0 bridgehead atoms. The number of nitriles is 1. The Balaban J connectivity index is 1.32. The molecule has 0 saturated heterocycles. The predicted octanol–water partition coefficient (Wildman–Crippen LogP) is 6.66. The van der Waals surface area contributed by atoms with Crippen LogP contribution in [0.1, 0.15) is 63.4 Å². The fraction of sp³-hybridized carbons (Fsp3) is 0.462. The van der Waals surface area contributed by atoms with Crippen molar-refractivity contribution in [3.05, 3.63) is 53.8 Å². The van der Waals surface area contributed by atoms with Gasteiger partial charge in [-0.05, 0) is 72.9 Å². The summed E-state index contributed by atoms with van der Waals surface area (Å²) in [4.78, 5) is 12.6. The van der Waals surface area contributed by atoms with Crippen LogP contribution in [0.25, 0.3) is 11.1 Å². The molecule has 0 amide bonds. The van der Waals surface area contributed by atoms with Gasteiger partial charge in [0.1, 0.15) is 17.6 Å². The Bertz CT molecular complexity index is 917. The van der Waals surface area contributed by atoms with Crippen LogP contribution in [-0.4, -0.2) is 5.97 Å². The molecule has 0 aromatic heterocycles. The van der Waals surface area contributed by atoms with Gasteiger partial charge in [0.2, 0.25) is 0 Å². The van der Waals surface area contributed by atoms with Crippen LogP contribution in [0.2, 0.25) is 0 Å². The predicted molar refractivity (Wildman–Crippen MR) is 114 cm³/mol. The zero-order valence-electron chi connectivity index (χ0n) is 17.3. The zero-order valence-corrected chi connectivity index (χ0v) is 17.3.